The van der Waals surface area contributed by atoms with E-state index in [9.17, 15) is 4.79 Å². The Kier molecular flexibility index (Phi) is 3.97. The minimum Gasteiger partial charge on any atom is -0.465 e. The lowest BCUT2D eigenvalue weighted by atomic mass is 10.1. The first kappa shape index (κ1) is 13.0. The predicted octanol–water partition coefficient (Wildman–Crippen LogP) is 2.70. The van der Waals surface area contributed by atoms with Crippen molar-refractivity contribution in [3.8, 4) is 0 Å². The summed E-state index contributed by atoms with van der Waals surface area (Å²) in [6.45, 7) is 1.82. The summed E-state index contributed by atoms with van der Waals surface area (Å²) in [7, 11) is 1.36. The van der Waals surface area contributed by atoms with Crippen LogP contribution in [0, 0.1) is 0 Å². The number of halogens is 1. The van der Waals surface area contributed by atoms with Crippen molar-refractivity contribution in [1.29, 1.82) is 0 Å². The van der Waals surface area contributed by atoms with E-state index < -0.39 is 5.97 Å². The second-order valence-electron chi connectivity index (χ2n) is 4.44. The molecule has 2 N–H and O–H groups in total. The van der Waals surface area contributed by atoms with Gasteiger partial charge in [-0.3, -0.25) is 0 Å². The van der Waals surface area contributed by atoms with E-state index in [1.807, 2.05) is 0 Å². The van der Waals surface area contributed by atoms with E-state index in [0.29, 0.717) is 16.3 Å². The first-order chi connectivity index (χ1) is 8.63. The molecule has 98 valence electrons. The van der Waals surface area contributed by atoms with E-state index in [2.05, 4.69) is 4.90 Å². The van der Waals surface area contributed by atoms with Crippen LogP contribution in [0.5, 0.6) is 0 Å². The lowest BCUT2D eigenvalue weighted by Crippen LogP contribution is -2.31. The molecule has 1 aliphatic heterocycles. The number of methoxy groups -OCH3 is 1. The van der Waals surface area contributed by atoms with E-state index >= 15 is 0 Å². The summed E-state index contributed by atoms with van der Waals surface area (Å²) in [5.74, 6) is -0.398. The highest BCUT2D eigenvalue weighted by Crippen LogP contribution is 2.34. The number of carbonyl (C=O) groups excluding carboxylic acids is 1. The fourth-order valence-electron chi connectivity index (χ4n) is 2.32. The average molecular weight is 269 g/mol. The smallest absolute Gasteiger partial charge is 0.340 e. The van der Waals surface area contributed by atoms with Crippen LogP contribution in [0.1, 0.15) is 29.6 Å². The second kappa shape index (κ2) is 5.48. The third kappa shape index (κ3) is 2.53. The zero-order chi connectivity index (χ0) is 13.1. The average Bonchev–Trinajstić information content (AvgIpc) is 2.38. The highest BCUT2D eigenvalue weighted by Gasteiger charge is 2.22. The molecule has 18 heavy (non-hydrogen) atoms. The van der Waals surface area contributed by atoms with Crippen LogP contribution >= 0.6 is 11.6 Å². The van der Waals surface area contributed by atoms with Gasteiger partial charge in [-0.1, -0.05) is 11.6 Å². The van der Waals surface area contributed by atoms with Crippen LogP contribution in [0.3, 0.4) is 0 Å². The number of piperidine rings is 1. The summed E-state index contributed by atoms with van der Waals surface area (Å²) >= 11 is 6.24. The molecule has 1 aliphatic rings. The quantitative estimate of drug-likeness (QED) is 0.662. The van der Waals surface area contributed by atoms with E-state index in [1.165, 1.54) is 13.5 Å². The van der Waals surface area contributed by atoms with Gasteiger partial charge in [0.15, 0.2) is 0 Å². The molecule has 0 saturated carbocycles. The number of nitrogen functional groups attached to an aromatic ring is 1. The molecule has 0 aromatic heterocycles. The largest absolute Gasteiger partial charge is 0.465 e. The summed E-state index contributed by atoms with van der Waals surface area (Å²) in [6.07, 6.45) is 3.44. The summed E-state index contributed by atoms with van der Waals surface area (Å²) in [4.78, 5) is 14.0. The summed E-state index contributed by atoms with van der Waals surface area (Å²) in [6, 6.07) is 3.31. The van der Waals surface area contributed by atoms with Gasteiger partial charge < -0.3 is 15.4 Å². The van der Waals surface area contributed by atoms with Gasteiger partial charge in [0.2, 0.25) is 0 Å². The van der Waals surface area contributed by atoms with Crippen molar-refractivity contribution in [3.05, 3.63) is 22.7 Å². The number of hydrogen-bond acceptors (Lipinski definition) is 4. The molecule has 0 unspecified atom stereocenters. The van der Waals surface area contributed by atoms with Gasteiger partial charge in [-0.2, -0.15) is 0 Å². The standard InChI is InChI=1S/C13H17ClN2O2/c1-18-13(17)10-7-9(15)8-11(14)12(10)16-5-3-2-4-6-16/h7-8H,2-6,15H2,1H3. The summed E-state index contributed by atoms with van der Waals surface area (Å²) in [5, 5.41) is 0.511. The molecule has 0 atom stereocenters. The van der Waals surface area contributed by atoms with Gasteiger partial charge in [0.1, 0.15) is 0 Å². The lowest BCUT2D eigenvalue weighted by Gasteiger charge is -2.31. The number of anilines is 2. The molecular weight excluding hydrogens is 252 g/mol. The van der Waals surface area contributed by atoms with Crippen LogP contribution in [0.2, 0.25) is 5.02 Å². The monoisotopic (exact) mass is 268 g/mol. The molecule has 0 spiro atoms. The van der Waals surface area contributed by atoms with Gasteiger partial charge in [0.05, 0.1) is 23.4 Å². The van der Waals surface area contributed by atoms with E-state index in [1.54, 1.807) is 12.1 Å². The normalized spacial score (nSPS) is 15.6. The predicted molar refractivity (Wildman–Crippen MR) is 73.3 cm³/mol. The number of carbonyl (C=O) groups is 1. The Morgan fingerprint density at radius 1 is 1.33 bits per heavy atom. The van der Waals surface area contributed by atoms with Crippen molar-refractivity contribution in [2.45, 2.75) is 19.3 Å². The Bertz CT molecular complexity index is 457. The van der Waals surface area contributed by atoms with E-state index in [4.69, 9.17) is 22.1 Å². The maximum Gasteiger partial charge on any atom is 0.340 e. The van der Waals surface area contributed by atoms with Gasteiger partial charge in [0, 0.05) is 18.8 Å². The van der Waals surface area contributed by atoms with Crippen LogP contribution in [-0.4, -0.2) is 26.2 Å². The van der Waals surface area contributed by atoms with Crippen LogP contribution < -0.4 is 10.6 Å². The van der Waals surface area contributed by atoms with E-state index in [0.717, 1.165) is 31.6 Å². The van der Waals surface area contributed by atoms with E-state index in [-0.39, 0.29) is 0 Å². The molecule has 1 aromatic carbocycles. The highest BCUT2D eigenvalue weighted by molar-refractivity contribution is 6.34. The fourth-order valence-corrected chi connectivity index (χ4v) is 2.67. The Morgan fingerprint density at radius 3 is 2.61 bits per heavy atom. The summed E-state index contributed by atoms with van der Waals surface area (Å²) < 4.78 is 4.80. The van der Waals surface area contributed by atoms with Crippen LogP contribution in [-0.2, 0) is 4.74 Å². The van der Waals surface area contributed by atoms with Crippen molar-refractivity contribution in [1.82, 2.24) is 0 Å². The van der Waals surface area contributed by atoms with Crippen molar-refractivity contribution in [2.75, 3.05) is 30.8 Å². The van der Waals surface area contributed by atoms with Crippen molar-refractivity contribution < 1.29 is 9.53 Å². The number of ether oxygens (including phenoxy) is 1. The SMILES string of the molecule is COC(=O)c1cc(N)cc(Cl)c1N1CCCCC1. The topological polar surface area (TPSA) is 55.6 Å². The molecular formula is C13H17ClN2O2. The molecule has 0 radical (unpaired) electrons. The lowest BCUT2D eigenvalue weighted by molar-refractivity contribution is 0.0601. The molecule has 4 nitrogen and oxygen atoms in total. The zero-order valence-corrected chi connectivity index (χ0v) is 11.2. The molecule has 1 aromatic rings. The number of rotatable bonds is 2. The minimum atomic E-state index is -0.398. The highest BCUT2D eigenvalue weighted by atomic mass is 35.5. The van der Waals surface area contributed by atoms with Gasteiger partial charge in [-0.15, -0.1) is 0 Å². The Balaban J connectivity index is 2.45. The molecule has 0 bridgehead atoms. The zero-order valence-electron chi connectivity index (χ0n) is 10.4. The maximum absolute atomic E-state index is 11.8. The third-order valence-corrected chi connectivity index (χ3v) is 3.45. The molecule has 2 rings (SSSR count). The van der Waals surface area contributed by atoms with Crippen molar-refractivity contribution in [3.63, 3.8) is 0 Å². The van der Waals surface area contributed by atoms with Gasteiger partial charge in [-0.05, 0) is 31.4 Å². The molecule has 5 heteroatoms. The Hall–Kier alpha value is -1.42. The Morgan fingerprint density at radius 2 is 2.00 bits per heavy atom. The van der Waals surface area contributed by atoms with Gasteiger partial charge in [-0.25, -0.2) is 4.79 Å². The van der Waals surface area contributed by atoms with Crippen molar-refractivity contribution >= 4 is 28.9 Å². The van der Waals surface area contributed by atoms with Gasteiger partial charge >= 0.3 is 5.97 Å². The first-order valence-electron chi connectivity index (χ1n) is 6.05. The van der Waals surface area contributed by atoms with Crippen LogP contribution in [0.15, 0.2) is 12.1 Å². The molecule has 0 aliphatic carbocycles. The number of nitrogens with zero attached hydrogens (tertiary/aromatic N) is 1. The van der Waals surface area contributed by atoms with Crippen molar-refractivity contribution in [2.24, 2.45) is 0 Å². The van der Waals surface area contributed by atoms with Crippen LogP contribution in [0.4, 0.5) is 11.4 Å². The first-order valence-corrected chi connectivity index (χ1v) is 6.43. The van der Waals surface area contributed by atoms with Gasteiger partial charge in [0.25, 0.3) is 0 Å². The number of esters is 1. The fraction of sp³-hybridized carbons (Fsp3) is 0.462. The summed E-state index contributed by atoms with van der Waals surface area (Å²) in [5.41, 5.74) is 7.41. The second-order valence-corrected chi connectivity index (χ2v) is 4.85. The maximum atomic E-state index is 11.8. The van der Waals surface area contributed by atoms with Crippen LogP contribution in [0.25, 0.3) is 0 Å². The molecule has 1 heterocycles. The minimum absolute atomic E-state index is 0.398. The third-order valence-electron chi connectivity index (χ3n) is 3.16. The molecule has 1 saturated heterocycles. The number of nitrogens with two attached hydrogens (primary N) is 1. The molecule has 0 amide bonds. The number of benzene rings is 1. The number of hydrogen-bond donors (Lipinski definition) is 1. The Labute approximate surface area is 112 Å². The molecule has 1 fully saturated rings.